The molecule has 1 rings (SSSR count). The van der Waals surface area contributed by atoms with Crippen LogP contribution in [0, 0.1) is 0 Å². The van der Waals surface area contributed by atoms with Gasteiger partial charge in [0.25, 0.3) is 19.7 Å². The molecule has 0 aliphatic heterocycles. The van der Waals surface area contributed by atoms with Gasteiger partial charge in [0.2, 0.25) is 5.14 Å². The highest BCUT2D eigenvalue weighted by molar-refractivity contribution is 8.65. The molecule has 1 aromatic carbocycles. The highest BCUT2D eigenvalue weighted by Crippen LogP contribution is 2.85. The second-order valence-corrected chi connectivity index (χ2v) is 16.5. The highest BCUT2D eigenvalue weighted by Gasteiger charge is 2.53. The Labute approximate surface area is 134 Å². The van der Waals surface area contributed by atoms with Gasteiger partial charge in [-0.2, -0.15) is 0 Å². The molecule has 3 unspecified atom stereocenters. The van der Waals surface area contributed by atoms with Crippen LogP contribution in [0.5, 0.6) is 0 Å². The fraction of sp³-hybridized carbons (Fsp3) is 0.143. The number of thiol groups is 2. The lowest BCUT2D eigenvalue weighted by molar-refractivity contribution is 0.466. The minimum atomic E-state index is -4.62. The van der Waals surface area contributed by atoms with Crippen LogP contribution in [0.25, 0.3) is 0 Å². The molecular formula is C7H10ClO6P3S3. The number of rotatable bonds is 5. The first-order valence-electron chi connectivity index (χ1n) is 4.72. The topological polar surface area (TPSA) is 112 Å². The molecular weight excluding hydrogens is 405 g/mol. The molecule has 0 saturated carbocycles. The number of hydrogen-bond acceptors (Lipinski definition) is 4. The second kappa shape index (κ2) is 6.71. The minimum Gasteiger partial charge on any atom is -0.336 e. The highest BCUT2D eigenvalue weighted by atomic mass is 35.5. The summed E-state index contributed by atoms with van der Waals surface area (Å²) in [5.41, 5.74) is 0. The molecule has 0 aromatic heterocycles. The Morgan fingerprint density at radius 3 is 1.75 bits per heavy atom. The van der Waals surface area contributed by atoms with Crippen molar-refractivity contribution in [2.75, 3.05) is 0 Å². The molecule has 0 bridgehead atoms. The molecule has 0 fully saturated rings. The molecule has 0 saturated heterocycles. The van der Waals surface area contributed by atoms with Gasteiger partial charge in [-0.3, -0.25) is 13.7 Å². The molecule has 6 nitrogen and oxygen atoms in total. The van der Waals surface area contributed by atoms with Crippen LogP contribution in [-0.2, 0) is 13.7 Å². The lowest BCUT2D eigenvalue weighted by Gasteiger charge is -2.24. The van der Waals surface area contributed by atoms with Crippen molar-refractivity contribution in [2.45, 2.75) is 10.0 Å². The van der Waals surface area contributed by atoms with Crippen molar-refractivity contribution in [1.82, 2.24) is 0 Å². The number of hydrogen-bond donors (Lipinski definition) is 5. The molecule has 0 radical (unpaired) electrons. The summed E-state index contributed by atoms with van der Waals surface area (Å²) in [6, 6.07) is 5.68. The predicted octanol–water partition coefficient (Wildman–Crippen LogP) is 4.13. The Bertz CT molecular complexity index is 603. The van der Waals surface area contributed by atoms with Gasteiger partial charge in [-0.1, -0.05) is 36.1 Å². The maximum Gasteiger partial charge on any atom is 0.283 e. The van der Waals surface area contributed by atoms with E-state index >= 15 is 0 Å². The molecule has 3 atom stereocenters. The van der Waals surface area contributed by atoms with Crippen molar-refractivity contribution in [3.05, 3.63) is 29.3 Å². The maximum absolute atomic E-state index is 12.2. The second-order valence-electron chi connectivity index (χ2n) is 3.63. The van der Waals surface area contributed by atoms with Crippen molar-refractivity contribution in [3.63, 3.8) is 0 Å². The zero-order chi connectivity index (χ0) is 15.8. The van der Waals surface area contributed by atoms with E-state index in [-0.39, 0.29) is 4.90 Å². The zero-order valence-corrected chi connectivity index (χ0v) is 15.5. The summed E-state index contributed by atoms with van der Waals surface area (Å²) >= 11 is 12.5. The number of benzene rings is 1. The van der Waals surface area contributed by atoms with E-state index in [1.165, 1.54) is 24.3 Å². The van der Waals surface area contributed by atoms with Crippen molar-refractivity contribution in [3.8, 4) is 0 Å². The first-order valence-corrected chi connectivity index (χ1v) is 14.0. The van der Waals surface area contributed by atoms with Crippen LogP contribution in [0.4, 0.5) is 0 Å². The van der Waals surface area contributed by atoms with E-state index < -0.39 is 24.9 Å². The van der Waals surface area contributed by atoms with Gasteiger partial charge < -0.3 is 14.7 Å². The average molecular weight is 415 g/mol. The van der Waals surface area contributed by atoms with Gasteiger partial charge in [0, 0.05) is 9.92 Å². The van der Waals surface area contributed by atoms with Gasteiger partial charge in [-0.05, 0) is 35.6 Å². The molecule has 0 spiro atoms. The van der Waals surface area contributed by atoms with Crippen LogP contribution >= 0.6 is 67.2 Å². The third-order valence-electron chi connectivity index (χ3n) is 1.94. The Balaban J connectivity index is 3.19. The Morgan fingerprint density at radius 1 is 1.00 bits per heavy atom. The first kappa shape index (κ1) is 19.2. The lowest BCUT2D eigenvalue weighted by Crippen LogP contribution is -2.03. The lowest BCUT2D eigenvalue weighted by atomic mass is 10.4. The van der Waals surface area contributed by atoms with Gasteiger partial charge in [-0.25, -0.2) is 0 Å². The first-order chi connectivity index (χ1) is 8.84. The Morgan fingerprint density at radius 2 is 1.40 bits per heavy atom. The molecule has 0 aliphatic rings. The largest absolute Gasteiger partial charge is 0.336 e. The fourth-order valence-electron chi connectivity index (χ4n) is 1.27. The van der Waals surface area contributed by atoms with Crippen molar-refractivity contribution >= 4 is 67.2 Å². The summed E-state index contributed by atoms with van der Waals surface area (Å²) in [7, 11) is 0. The quantitative estimate of drug-likeness (QED) is 0.364. The Hall–Kier alpha value is 1.13. The van der Waals surface area contributed by atoms with Gasteiger partial charge in [0.05, 0.1) is 0 Å². The standard InChI is InChI=1S/C7H10ClO6P3S3/c8-5-1-3-6(4-2-5)20-17(13,14)7(15(9,10)18)16(11,12)19/h1-4,7H,(H,13,14)(H2,9,10,18)(H2,11,12,19). The summed E-state index contributed by atoms with van der Waals surface area (Å²) in [5.74, 6) is 0. The summed E-state index contributed by atoms with van der Waals surface area (Å²) in [5, 5.41) is -1.96. The van der Waals surface area contributed by atoms with Crippen LogP contribution < -0.4 is 0 Å². The van der Waals surface area contributed by atoms with E-state index in [1.807, 2.05) is 0 Å². The molecule has 3 N–H and O–H groups in total. The summed E-state index contributed by atoms with van der Waals surface area (Å²) in [4.78, 5) is 28.8. The third kappa shape index (κ3) is 5.40. The maximum atomic E-state index is 12.2. The molecule has 114 valence electrons. The van der Waals surface area contributed by atoms with E-state index in [0.29, 0.717) is 16.4 Å². The minimum absolute atomic E-state index is 0.244. The van der Waals surface area contributed by atoms with Crippen molar-refractivity contribution in [1.29, 1.82) is 0 Å². The van der Waals surface area contributed by atoms with Crippen LogP contribution in [-0.4, -0.2) is 19.8 Å². The van der Waals surface area contributed by atoms with Gasteiger partial charge in [0.1, 0.15) is 0 Å². The molecule has 13 heteroatoms. The Kier molecular flexibility index (Phi) is 6.44. The summed E-state index contributed by atoms with van der Waals surface area (Å²) in [6.07, 6.45) is 0. The van der Waals surface area contributed by atoms with Gasteiger partial charge in [-0.15, -0.1) is 0 Å². The molecule has 0 amide bonds. The summed E-state index contributed by atoms with van der Waals surface area (Å²) in [6.45, 7) is -13.8. The predicted molar refractivity (Wildman–Crippen MR) is 88.5 cm³/mol. The van der Waals surface area contributed by atoms with Crippen molar-refractivity contribution < 1.29 is 28.4 Å². The van der Waals surface area contributed by atoms with Crippen LogP contribution in [0.1, 0.15) is 0 Å². The monoisotopic (exact) mass is 414 g/mol. The van der Waals surface area contributed by atoms with Crippen LogP contribution in [0.2, 0.25) is 5.02 Å². The molecule has 20 heavy (non-hydrogen) atoms. The van der Waals surface area contributed by atoms with Gasteiger partial charge >= 0.3 is 0 Å². The smallest absolute Gasteiger partial charge is 0.283 e. The SMILES string of the molecule is O=P(O)(S)C(P(=O)(O)S)P(=O)(O)Sc1ccc(Cl)cc1. The molecule has 0 heterocycles. The third-order valence-corrected chi connectivity index (χ3v) is 16.9. The summed E-state index contributed by atoms with van der Waals surface area (Å²) < 4.78 is 35.2. The molecule has 0 aliphatic carbocycles. The van der Waals surface area contributed by atoms with E-state index in [2.05, 4.69) is 24.5 Å². The fourth-order valence-corrected chi connectivity index (χ4v) is 18.4. The van der Waals surface area contributed by atoms with E-state index in [9.17, 15) is 28.4 Å². The van der Waals surface area contributed by atoms with Gasteiger partial charge in [0.15, 0.2) is 0 Å². The average Bonchev–Trinajstić information content (AvgIpc) is 2.15. The van der Waals surface area contributed by atoms with E-state index in [0.717, 1.165) is 0 Å². The van der Waals surface area contributed by atoms with Crippen LogP contribution in [0.3, 0.4) is 0 Å². The van der Waals surface area contributed by atoms with Crippen molar-refractivity contribution in [2.24, 2.45) is 0 Å². The normalized spacial score (nSPS) is 22.3. The van der Waals surface area contributed by atoms with E-state index in [1.54, 1.807) is 0 Å². The van der Waals surface area contributed by atoms with E-state index in [4.69, 9.17) is 11.6 Å². The van der Waals surface area contributed by atoms with Crippen LogP contribution in [0.15, 0.2) is 29.2 Å². The molecule has 1 aromatic rings. The zero-order valence-electron chi connectivity index (χ0n) is 9.48. The number of halogens is 1.